The van der Waals surface area contributed by atoms with E-state index in [0.29, 0.717) is 39.5 Å². The maximum Gasteiger partial charge on any atom is 0.452 e. The summed E-state index contributed by atoms with van der Waals surface area (Å²) < 4.78 is 47.5. The van der Waals surface area contributed by atoms with Gasteiger partial charge in [0.1, 0.15) is 24.5 Å². The van der Waals surface area contributed by atoms with E-state index >= 15 is 0 Å². The number of halogens is 3. The van der Waals surface area contributed by atoms with Crippen LogP contribution in [-0.4, -0.2) is 35.1 Å². The summed E-state index contributed by atoms with van der Waals surface area (Å²) in [6.45, 7) is 1.91. The summed E-state index contributed by atoms with van der Waals surface area (Å²) in [5.41, 5.74) is 2.59. The fourth-order valence-electron chi connectivity index (χ4n) is 2.86. The summed E-state index contributed by atoms with van der Waals surface area (Å²) in [5.74, 6) is -1.03. The Labute approximate surface area is 186 Å². The molecule has 1 aromatic heterocycles. The van der Waals surface area contributed by atoms with Gasteiger partial charge in [-0.1, -0.05) is 29.4 Å². The summed E-state index contributed by atoms with van der Waals surface area (Å²) in [6.07, 6.45) is -4.58. The summed E-state index contributed by atoms with van der Waals surface area (Å²) in [6, 6.07) is 12.1. The Bertz CT molecular complexity index is 1150. The zero-order valence-electron chi connectivity index (χ0n) is 17.4. The van der Waals surface area contributed by atoms with E-state index < -0.39 is 17.9 Å². The van der Waals surface area contributed by atoms with Crippen LogP contribution in [-0.2, 0) is 22.4 Å². The normalized spacial score (nSPS) is 11.9. The average molecular weight is 464 g/mol. The van der Waals surface area contributed by atoms with Crippen molar-refractivity contribution < 1.29 is 27.5 Å². The maximum absolute atomic E-state index is 12.8. The number of hydrogen-bond donors (Lipinski definition) is 1. The monoisotopic (exact) mass is 464 g/mol. The van der Waals surface area contributed by atoms with Crippen LogP contribution in [0.3, 0.4) is 0 Å². The van der Waals surface area contributed by atoms with Crippen LogP contribution in [0.5, 0.6) is 5.75 Å². The third kappa shape index (κ3) is 5.22. The number of carbonyl (C=O) groups excluding carboxylic acids is 1. The van der Waals surface area contributed by atoms with Crippen molar-refractivity contribution in [3.05, 3.63) is 65.0 Å². The number of aryl methyl sites for hydroxylation is 1. The van der Waals surface area contributed by atoms with E-state index in [1.807, 2.05) is 0 Å². The van der Waals surface area contributed by atoms with Crippen LogP contribution >= 0.6 is 11.5 Å². The van der Waals surface area contributed by atoms with Gasteiger partial charge in [0.25, 0.3) is 5.91 Å². The number of rotatable bonds is 7. The number of alkyl halides is 3. The van der Waals surface area contributed by atoms with Gasteiger partial charge in [0.2, 0.25) is 5.82 Å². The van der Waals surface area contributed by atoms with Crippen LogP contribution in [0.25, 0.3) is 10.6 Å². The van der Waals surface area contributed by atoms with Crippen molar-refractivity contribution in [3.63, 3.8) is 0 Å². The molecular weight excluding hydrogens is 445 g/mol. The van der Waals surface area contributed by atoms with E-state index in [1.165, 1.54) is 14.2 Å². The number of nitrogens with zero attached hydrogens (tertiary/aromatic N) is 3. The zero-order valence-corrected chi connectivity index (χ0v) is 18.2. The van der Waals surface area contributed by atoms with Crippen molar-refractivity contribution in [1.82, 2.24) is 14.7 Å². The number of nitrogens with one attached hydrogen (secondary N) is 1. The van der Waals surface area contributed by atoms with E-state index in [4.69, 9.17) is 9.57 Å². The summed E-state index contributed by atoms with van der Waals surface area (Å²) in [5, 5.41) is 6.51. The molecule has 32 heavy (non-hydrogen) atoms. The van der Waals surface area contributed by atoms with Gasteiger partial charge in [0, 0.05) is 18.2 Å². The van der Waals surface area contributed by atoms with Crippen LogP contribution < -0.4 is 10.1 Å². The van der Waals surface area contributed by atoms with Gasteiger partial charge >= 0.3 is 6.18 Å². The molecule has 0 bridgehead atoms. The van der Waals surface area contributed by atoms with E-state index in [0.717, 1.165) is 0 Å². The van der Waals surface area contributed by atoms with E-state index in [-0.39, 0.29) is 17.3 Å². The maximum atomic E-state index is 12.8. The lowest BCUT2D eigenvalue weighted by Crippen LogP contribution is -2.29. The Hall–Kier alpha value is -3.47. The number of oxime groups is 1. The zero-order chi connectivity index (χ0) is 23.3. The molecule has 0 unspecified atom stereocenters. The molecule has 3 rings (SSSR count). The Kier molecular flexibility index (Phi) is 7.08. The fourth-order valence-corrected chi connectivity index (χ4v) is 3.53. The molecule has 1 amide bonds. The molecule has 0 atom stereocenters. The Morgan fingerprint density at radius 2 is 1.97 bits per heavy atom. The van der Waals surface area contributed by atoms with Gasteiger partial charge in [0.05, 0.1) is 0 Å². The molecule has 0 saturated carbocycles. The predicted molar refractivity (Wildman–Crippen MR) is 113 cm³/mol. The summed E-state index contributed by atoms with van der Waals surface area (Å²) in [4.78, 5) is 20.5. The van der Waals surface area contributed by atoms with Gasteiger partial charge in [-0.05, 0) is 47.8 Å². The molecule has 0 spiro atoms. The standard InChI is InChI=1S/C21H19F3N4O3S/c1-12-10-13(19-26-20(28-32-19)21(22,23)24)8-9-16(12)31-11-14-6-4-5-7-15(14)17(27-30-3)18(29)25-2/h4-10H,11H2,1-3H3,(H,25,29)/b27-17+. The minimum absolute atomic E-state index is 0.109. The highest BCUT2D eigenvalue weighted by molar-refractivity contribution is 7.09. The SMILES string of the molecule is CNC(=O)/C(=N/OC)c1ccccc1COc1ccc(-c2nc(C(F)(F)F)ns2)cc1C. The minimum atomic E-state index is -4.58. The minimum Gasteiger partial charge on any atom is -0.489 e. The van der Waals surface area contributed by atoms with Crippen LogP contribution in [0.2, 0.25) is 0 Å². The van der Waals surface area contributed by atoms with Gasteiger partial charge in [-0.2, -0.15) is 17.5 Å². The number of benzene rings is 2. The van der Waals surface area contributed by atoms with Crippen molar-refractivity contribution >= 4 is 23.2 Å². The highest BCUT2D eigenvalue weighted by atomic mass is 32.1. The van der Waals surface area contributed by atoms with Crippen LogP contribution in [0.15, 0.2) is 47.6 Å². The van der Waals surface area contributed by atoms with Crippen LogP contribution in [0.1, 0.15) is 22.5 Å². The molecule has 0 aliphatic rings. The molecule has 0 aliphatic carbocycles. The topological polar surface area (TPSA) is 85.7 Å². The molecular formula is C21H19F3N4O3S. The quantitative estimate of drug-likeness (QED) is 0.418. The number of aromatic nitrogens is 2. The average Bonchev–Trinajstić information content (AvgIpc) is 3.27. The number of hydrogen-bond acceptors (Lipinski definition) is 7. The summed E-state index contributed by atoms with van der Waals surface area (Å²) >= 11 is 0.684. The molecule has 7 nitrogen and oxygen atoms in total. The van der Waals surface area contributed by atoms with E-state index in [2.05, 4.69) is 19.8 Å². The second-order valence-corrected chi connectivity index (χ2v) is 7.30. The number of carbonyl (C=O) groups is 1. The van der Waals surface area contributed by atoms with Gasteiger partial charge in [-0.25, -0.2) is 4.98 Å². The lowest BCUT2D eigenvalue weighted by Gasteiger charge is -2.13. The molecule has 11 heteroatoms. The first kappa shape index (κ1) is 23.2. The first-order valence-corrected chi connectivity index (χ1v) is 10.1. The molecule has 0 radical (unpaired) electrons. The van der Waals surface area contributed by atoms with Gasteiger partial charge in [0.15, 0.2) is 5.71 Å². The first-order valence-electron chi connectivity index (χ1n) is 9.30. The van der Waals surface area contributed by atoms with Crippen molar-refractivity contribution in [2.24, 2.45) is 5.16 Å². The molecule has 0 fully saturated rings. The van der Waals surface area contributed by atoms with Crippen LogP contribution in [0, 0.1) is 6.92 Å². The van der Waals surface area contributed by atoms with Crippen molar-refractivity contribution in [2.75, 3.05) is 14.2 Å². The lowest BCUT2D eigenvalue weighted by atomic mass is 10.0. The molecule has 168 valence electrons. The third-order valence-electron chi connectivity index (χ3n) is 4.38. The van der Waals surface area contributed by atoms with Crippen molar-refractivity contribution in [3.8, 4) is 16.3 Å². The lowest BCUT2D eigenvalue weighted by molar-refractivity contribution is -0.144. The number of amides is 1. The van der Waals surface area contributed by atoms with Gasteiger partial charge in [-0.3, -0.25) is 4.79 Å². The Balaban J connectivity index is 1.81. The predicted octanol–water partition coefficient (Wildman–Crippen LogP) is 4.21. The number of ether oxygens (including phenoxy) is 1. The first-order chi connectivity index (χ1) is 15.2. The van der Waals surface area contributed by atoms with Crippen LogP contribution in [0.4, 0.5) is 13.2 Å². The molecule has 1 heterocycles. The van der Waals surface area contributed by atoms with Gasteiger partial charge in [-0.15, -0.1) is 0 Å². The highest BCUT2D eigenvalue weighted by Crippen LogP contribution is 2.32. The Morgan fingerprint density at radius 3 is 2.59 bits per heavy atom. The number of likely N-dealkylation sites (N-methyl/N-ethyl adjacent to an activating group) is 1. The Morgan fingerprint density at radius 1 is 1.22 bits per heavy atom. The second-order valence-electron chi connectivity index (χ2n) is 6.55. The molecule has 1 N–H and O–H groups in total. The molecule has 0 aliphatic heterocycles. The third-order valence-corrected chi connectivity index (χ3v) is 5.15. The largest absolute Gasteiger partial charge is 0.489 e. The highest BCUT2D eigenvalue weighted by Gasteiger charge is 2.36. The van der Waals surface area contributed by atoms with Crippen molar-refractivity contribution in [1.29, 1.82) is 0 Å². The van der Waals surface area contributed by atoms with Crippen molar-refractivity contribution in [2.45, 2.75) is 19.7 Å². The molecule has 0 saturated heterocycles. The molecule has 2 aromatic carbocycles. The van der Waals surface area contributed by atoms with E-state index in [1.54, 1.807) is 49.4 Å². The fraction of sp³-hybridized carbons (Fsp3) is 0.238. The second kappa shape index (κ2) is 9.77. The van der Waals surface area contributed by atoms with E-state index in [9.17, 15) is 18.0 Å². The molecule has 3 aromatic rings. The van der Waals surface area contributed by atoms with Gasteiger partial charge < -0.3 is 14.9 Å². The summed E-state index contributed by atoms with van der Waals surface area (Å²) in [7, 11) is 2.84. The smallest absolute Gasteiger partial charge is 0.452 e.